The number of rotatable bonds is 6. The van der Waals surface area contributed by atoms with Gasteiger partial charge in [-0.1, -0.05) is 36.4 Å². The van der Waals surface area contributed by atoms with Crippen molar-refractivity contribution in [2.75, 3.05) is 6.54 Å². The van der Waals surface area contributed by atoms with Gasteiger partial charge >= 0.3 is 0 Å². The summed E-state index contributed by atoms with van der Waals surface area (Å²) in [5.41, 5.74) is 5.67. The van der Waals surface area contributed by atoms with E-state index in [2.05, 4.69) is 41.7 Å². The molecule has 0 spiro atoms. The van der Waals surface area contributed by atoms with Crippen LogP contribution in [-0.4, -0.2) is 12.5 Å². The summed E-state index contributed by atoms with van der Waals surface area (Å²) in [6.07, 6.45) is 6.75. The monoisotopic (exact) mass is 361 g/mol. The first-order valence-corrected chi connectivity index (χ1v) is 10.4. The van der Waals surface area contributed by atoms with Crippen LogP contribution in [0.3, 0.4) is 0 Å². The molecule has 3 heteroatoms. The lowest BCUT2D eigenvalue weighted by molar-refractivity contribution is -0.122. The fourth-order valence-corrected chi connectivity index (χ4v) is 4.93. The largest absolute Gasteiger partial charge is 0.489 e. The summed E-state index contributed by atoms with van der Waals surface area (Å²) < 4.78 is 6.23. The number of aryl methyl sites for hydroxylation is 1. The van der Waals surface area contributed by atoms with Gasteiger partial charge in [-0.15, -0.1) is 0 Å². The molecule has 3 nitrogen and oxygen atoms in total. The molecule has 0 saturated heterocycles. The fourth-order valence-electron chi connectivity index (χ4n) is 4.93. The minimum absolute atomic E-state index is 0.277. The Labute approximate surface area is 161 Å². The van der Waals surface area contributed by atoms with Gasteiger partial charge in [0.05, 0.1) is 0 Å². The van der Waals surface area contributed by atoms with Crippen molar-refractivity contribution in [2.45, 2.75) is 51.0 Å². The number of hydrogen-bond donors (Lipinski definition) is 1. The van der Waals surface area contributed by atoms with Crippen LogP contribution < -0.4 is 10.1 Å². The summed E-state index contributed by atoms with van der Waals surface area (Å²) in [7, 11) is 0. The van der Waals surface area contributed by atoms with Crippen molar-refractivity contribution < 1.29 is 9.53 Å². The van der Waals surface area contributed by atoms with E-state index in [4.69, 9.17) is 4.74 Å². The van der Waals surface area contributed by atoms with Gasteiger partial charge in [0.15, 0.2) is 0 Å². The average molecular weight is 361 g/mol. The molecule has 1 N–H and O–H groups in total. The van der Waals surface area contributed by atoms with E-state index in [1.165, 1.54) is 35.1 Å². The zero-order valence-corrected chi connectivity index (χ0v) is 15.7. The SMILES string of the molecule is O=C(NCC1CCc2c(OCc3ccccc3)ccc3c2C1CC3)C1CC1. The highest BCUT2D eigenvalue weighted by atomic mass is 16.5. The van der Waals surface area contributed by atoms with Crippen LogP contribution >= 0.6 is 0 Å². The third kappa shape index (κ3) is 3.36. The van der Waals surface area contributed by atoms with E-state index in [-0.39, 0.29) is 5.91 Å². The van der Waals surface area contributed by atoms with E-state index in [1.807, 2.05) is 6.07 Å². The van der Waals surface area contributed by atoms with E-state index >= 15 is 0 Å². The molecule has 3 aliphatic carbocycles. The average Bonchev–Trinajstić information content (AvgIpc) is 3.48. The lowest BCUT2D eigenvalue weighted by Crippen LogP contribution is -2.34. The van der Waals surface area contributed by atoms with Crippen LogP contribution in [0.25, 0.3) is 0 Å². The maximum atomic E-state index is 12.0. The Hall–Kier alpha value is -2.29. The molecule has 2 aromatic carbocycles. The first-order valence-electron chi connectivity index (χ1n) is 10.4. The minimum atomic E-state index is 0.277. The number of carbonyl (C=O) groups is 1. The normalized spacial score (nSPS) is 23.0. The predicted octanol–water partition coefficient (Wildman–Crippen LogP) is 4.38. The lowest BCUT2D eigenvalue weighted by atomic mass is 9.75. The van der Waals surface area contributed by atoms with Crippen LogP contribution in [0.2, 0.25) is 0 Å². The Morgan fingerprint density at radius 3 is 2.67 bits per heavy atom. The quantitative estimate of drug-likeness (QED) is 0.829. The predicted molar refractivity (Wildman–Crippen MR) is 106 cm³/mol. The van der Waals surface area contributed by atoms with Crippen molar-refractivity contribution in [3.63, 3.8) is 0 Å². The maximum absolute atomic E-state index is 12.0. The van der Waals surface area contributed by atoms with Gasteiger partial charge in [0.1, 0.15) is 12.4 Å². The van der Waals surface area contributed by atoms with Crippen LogP contribution in [0.1, 0.15) is 53.9 Å². The summed E-state index contributed by atoms with van der Waals surface area (Å²) in [5.74, 6) is 2.80. The van der Waals surface area contributed by atoms with Crippen molar-refractivity contribution in [1.29, 1.82) is 0 Å². The summed E-state index contributed by atoms with van der Waals surface area (Å²) in [6.45, 7) is 1.46. The second-order valence-electron chi connectivity index (χ2n) is 8.35. The Bertz CT molecular complexity index is 841. The Balaban J connectivity index is 1.32. The second kappa shape index (κ2) is 7.03. The molecule has 27 heavy (non-hydrogen) atoms. The molecule has 1 fully saturated rings. The van der Waals surface area contributed by atoms with Crippen LogP contribution in [0, 0.1) is 11.8 Å². The van der Waals surface area contributed by atoms with Gasteiger partial charge in [0, 0.05) is 12.5 Å². The highest BCUT2D eigenvalue weighted by Gasteiger charge is 2.37. The molecule has 0 bridgehead atoms. The number of hydrogen-bond acceptors (Lipinski definition) is 2. The molecule has 0 radical (unpaired) electrons. The smallest absolute Gasteiger partial charge is 0.223 e. The van der Waals surface area contributed by atoms with E-state index in [0.717, 1.165) is 38.0 Å². The maximum Gasteiger partial charge on any atom is 0.223 e. The molecule has 5 rings (SSSR count). The van der Waals surface area contributed by atoms with E-state index in [0.29, 0.717) is 24.4 Å². The molecule has 2 atom stereocenters. The van der Waals surface area contributed by atoms with Gasteiger partial charge in [-0.05, 0) is 78.7 Å². The minimum Gasteiger partial charge on any atom is -0.489 e. The van der Waals surface area contributed by atoms with Gasteiger partial charge < -0.3 is 10.1 Å². The standard InChI is InChI=1S/C24H27NO2/c26-24(18-6-7-18)25-14-19-9-12-21-22(27-15-16-4-2-1-3-5-16)13-10-17-8-11-20(19)23(17)21/h1-5,10,13,18-20H,6-9,11-12,14-15H2,(H,25,26). The molecule has 1 amide bonds. The van der Waals surface area contributed by atoms with E-state index in [9.17, 15) is 4.79 Å². The van der Waals surface area contributed by atoms with Gasteiger partial charge in [-0.2, -0.15) is 0 Å². The highest BCUT2D eigenvalue weighted by Crippen LogP contribution is 2.48. The van der Waals surface area contributed by atoms with Crippen molar-refractivity contribution >= 4 is 5.91 Å². The Morgan fingerprint density at radius 2 is 1.85 bits per heavy atom. The lowest BCUT2D eigenvalue weighted by Gasteiger charge is -2.32. The van der Waals surface area contributed by atoms with Gasteiger partial charge in [-0.3, -0.25) is 4.79 Å². The number of amides is 1. The Kier molecular flexibility index (Phi) is 4.39. The number of carbonyl (C=O) groups excluding carboxylic acids is 1. The number of ether oxygens (including phenoxy) is 1. The van der Waals surface area contributed by atoms with E-state index < -0.39 is 0 Å². The first kappa shape index (κ1) is 16.9. The molecular formula is C24H27NO2. The highest BCUT2D eigenvalue weighted by molar-refractivity contribution is 5.80. The zero-order valence-electron chi connectivity index (χ0n) is 15.7. The number of benzene rings is 2. The zero-order chi connectivity index (χ0) is 18.2. The molecule has 0 aliphatic heterocycles. The molecule has 2 unspecified atom stereocenters. The fraction of sp³-hybridized carbons (Fsp3) is 0.458. The van der Waals surface area contributed by atoms with Gasteiger partial charge in [0.25, 0.3) is 0 Å². The summed E-state index contributed by atoms with van der Waals surface area (Å²) in [5, 5.41) is 3.22. The molecule has 2 aromatic rings. The van der Waals surface area contributed by atoms with Crippen LogP contribution in [0.4, 0.5) is 0 Å². The van der Waals surface area contributed by atoms with Crippen LogP contribution in [0.5, 0.6) is 5.75 Å². The van der Waals surface area contributed by atoms with Crippen molar-refractivity contribution in [1.82, 2.24) is 5.32 Å². The van der Waals surface area contributed by atoms with Gasteiger partial charge in [0.2, 0.25) is 5.91 Å². The molecule has 140 valence electrons. The number of nitrogens with one attached hydrogen (secondary N) is 1. The third-order valence-corrected chi connectivity index (χ3v) is 6.56. The topological polar surface area (TPSA) is 38.3 Å². The van der Waals surface area contributed by atoms with Crippen LogP contribution in [0.15, 0.2) is 42.5 Å². The van der Waals surface area contributed by atoms with Crippen molar-refractivity contribution in [3.8, 4) is 5.75 Å². The molecular weight excluding hydrogens is 334 g/mol. The van der Waals surface area contributed by atoms with E-state index in [1.54, 1.807) is 0 Å². The van der Waals surface area contributed by atoms with Crippen molar-refractivity contribution in [3.05, 3.63) is 64.7 Å². The summed E-state index contributed by atoms with van der Waals surface area (Å²) in [6, 6.07) is 14.8. The molecule has 3 aliphatic rings. The first-order chi connectivity index (χ1) is 13.3. The Morgan fingerprint density at radius 1 is 1.00 bits per heavy atom. The van der Waals surface area contributed by atoms with Crippen molar-refractivity contribution in [2.24, 2.45) is 11.8 Å². The summed E-state index contributed by atoms with van der Waals surface area (Å²) >= 11 is 0. The molecule has 0 heterocycles. The third-order valence-electron chi connectivity index (χ3n) is 6.56. The van der Waals surface area contributed by atoms with Crippen LogP contribution in [-0.2, 0) is 24.2 Å². The second-order valence-corrected chi connectivity index (χ2v) is 8.35. The molecule has 0 aromatic heterocycles. The van der Waals surface area contributed by atoms with Gasteiger partial charge in [-0.25, -0.2) is 0 Å². The molecule has 1 saturated carbocycles. The summed E-state index contributed by atoms with van der Waals surface area (Å²) in [4.78, 5) is 12.0.